The minimum absolute atomic E-state index is 0.259. The van der Waals surface area contributed by atoms with E-state index in [9.17, 15) is 4.79 Å². The van der Waals surface area contributed by atoms with Gasteiger partial charge in [0.05, 0.1) is 13.0 Å². The molecule has 2 rings (SSSR count). The molecule has 0 bridgehead atoms. The maximum atomic E-state index is 11.9. The van der Waals surface area contributed by atoms with Crippen molar-refractivity contribution in [2.75, 3.05) is 19.6 Å². The summed E-state index contributed by atoms with van der Waals surface area (Å²) < 4.78 is 0. The number of aryl methyl sites for hydroxylation is 1. The maximum absolute atomic E-state index is 11.9. The topological polar surface area (TPSA) is 59.2 Å². The lowest BCUT2D eigenvalue weighted by Crippen LogP contribution is -2.42. The second-order valence-electron chi connectivity index (χ2n) is 4.71. The molecule has 0 spiro atoms. The van der Waals surface area contributed by atoms with Gasteiger partial charge in [0.2, 0.25) is 0 Å². The smallest absolute Gasteiger partial charge is 0.153 e. The molecule has 0 aliphatic carbocycles. The summed E-state index contributed by atoms with van der Waals surface area (Å²) in [5, 5.41) is 2.92. The molecule has 4 nitrogen and oxygen atoms in total. The summed E-state index contributed by atoms with van der Waals surface area (Å²) in [6.45, 7) is 4.40. The fraction of sp³-hybridized carbons (Fsp3) is 0.667. The van der Waals surface area contributed by atoms with Crippen LogP contribution in [0.4, 0.5) is 0 Å². The van der Waals surface area contributed by atoms with Crippen LogP contribution < -0.4 is 5.73 Å². The Morgan fingerprint density at radius 2 is 2.29 bits per heavy atom. The van der Waals surface area contributed by atoms with Gasteiger partial charge in [-0.05, 0) is 19.8 Å². The lowest BCUT2D eigenvalue weighted by atomic mass is 10.1. The average Bonchev–Trinajstić information content (AvgIpc) is 2.67. The van der Waals surface area contributed by atoms with Crippen molar-refractivity contribution in [2.24, 2.45) is 5.73 Å². The van der Waals surface area contributed by atoms with Crippen LogP contribution in [-0.4, -0.2) is 41.3 Å². The molecule has 1 aromatic rings. The quantitative estimate of drug-likeness (QED) is 0.869. The Hall–Kier alpha value is -0.780. The number of carbonyl (C=O) groups excluding carboxylic acids is 1. The molecule has 1 fully saturated rings. The highest BCUT2D eigenvalue weighted by molar-refractivity contribution is 7.09. The summed E-state index contributed by atoms with van der Waals surface area (Å²) in [6, 6.07) is 0.322. The van der Waals surface area contributed by atoms with Crippen molar-refractivity contribution in [1.29, 1.82) is 0 Å². The number of rotatable bonds is 4. The minimum Gasteiger partial charge on any atom is -0.328 e. The van der Waals surface area contributed by atoms with E-state index in [0.717, 1.165) is 36.6 Å². The van der Waals surface area contributed by atoms with E-state index in [-0.39, 0.29) is 5.78 Å². The number of likely N-dealkylation sites (tertiary alicyclic amines) is 1. The number of ketones is 1. The first-order valence-electron chi connectivity index (χ1n) is 6.04. The lowest BCUT2D eigenvalue weighted by molar-refractivity contribution is -0.119. The number of nitrogens with zero attached hydrogens (tertiary/aromatic N) is 2. The zero-order valence-corrected chi connectivity index (χ0v) is 11.0. The molecule has 0 saturated carbocycles. The molecule has 0 unspecified atom stereocenters. The van der Waals surface area contributed by atoms with Gasteiger partial charge < -0.3 is 5.73 Å². The first kappa shape index (κ1) is 12.7. The first-order valence-corrected chi connectivity index (χ1v) is 6.92. The largest absolute Gasteiger partial charge is 0.328 e. The fourth-order valence-corrected chi connectivity index (χ4v) is 2.87. The number of carbonyl (C=O) groups is 1. The molecule has 17 heavy (non-hydrogen) atoms. The third kappa shape index (κ3) is 3.87. The van der Waals surface area contributed by atoms with Crippen molar-refractivity contribution in [3.8, 4) is 0 Å². The van der Waals surface area contributed by atoms with Gasteiger partial charge in [0.1, 0.15) is 5.01 Å². The van der Waals surface area contributed by atoms with Gasteiger partial charge in [-0.1, -0.05) is 0 Å². The normalized spacial score (nSPS) is 18.5. The molecule has 94 valence electrons. The number of aromatic nitrogens is 1. The van der Waals surface area contributed by atoms with Gasteiger partial charge >= 0.3 is 0 Å². The summed E-state index contributed by atoms with van der Waals surface area (Å²) in [5.74, 6) is 0.259. The zero-order chi connectivity index (χ0) is 12.3. The van der Waals surface area contributed by atoms with E-state index in [1.807, 2.05) is 12.3 Å². The van der Waals surface area contributed by atoms with Gasteiger partial charge in [-0.25, -0.2) is 4.98 Å². The number of piperidine rings is 1. The van der Waals surface area contributed by atoms with Crippen LogP contribution in [0.1, 0.15) is 23.5 Å². The van der Waals surface area contributed by atoms with E-state index >= 15 is 0 Å². The molecule has 2 N–H and O–H groups in total. The van der Waals surface area contributed by atoms with Crippen LogP contribution in [0, 0.1) is 6.92 Å². The van der Waals surface area contributed by atoms with Gasteiger partial charge in [0.15, 0.2) is 5.78 Å². The second kappa shape index (κ2) is 5.71. The predicted octanol–water partition coefficient (Wildman–Crippen LogP) is 0.986. The molecule has 0 radical (unpaired) electrons. The Balaban J connectivity index is 1.77. The first-order chi connectivity index (χ1) is 8.13. The van der Waals surface area contributed by atoms with Gasteiger partial charge in [-0.15, -0.1) is 11.3 Å². The zero-order valence-electron chi connectivity index (χ0n) is 10.2. The summed E-state index contributed by atoms with van der Waals surface area (Å²) in [5.41, 5.74) is 6.84. The lowest BCUT2D eigenvalue weighted by Gasteiger charge is -2.29. The van der Waals surface area contributed by atoms with Crippen molar-refractivity contribution < 1.29 is 4.79 Å². The summed E-state index contributed by atoms with van der Waals surface area (Å²) in [7, 11) is 0. The third-order valence-corrected chi connectivity index (χ3v) is 4.01. The van der Waals surface area contributed by atoms with Crippen LogP contribution in [-0.2, 0) is 11.2 Å². The van der Waals surface area contributed by atoms with E-state index in [4.69, 9.17) is 5.73 Å². The second-order valence-corrected chi connectivity index (χ2v) is 5.65. The highest BCUT2D eigenvalue weighted by Crippen LogP contribution is 2.11. The third-order valence-electron chi connectivity index (χ3n) is 3.05. The number of nitrogens with two attached hydrogens (primary N) is 1. The van der Waals surface area contributed by atoms with Crippen LogP contribution in [0.2, 0.25) is 0 Å². The van der Waals surface area contributed by atoms with Crippen molar-refractivity contribution in [1.82, 2.24) is 9.88 Å². The van der Waals surface area contributed by atoms with Crippen LogP contribution >= 0.6 is 11.3 Å². The number of Topliss-reactive ketones (excluding diaryl/α,β-unsaturated/α-hetero) is 1. The Morgan fingerprint density at radius 3 is 2.88 bits per heavy atom. The van der Waals surface area contributed by atoms with E-state index in [1.54, 1.807) is 11.3 Å². The highest BCUT2D eigenvalue weighted by atomic mass is 32.1. The van der Waals surface area contributed by atoms with Gasteiger partial charge in [-0.3, -0.25) is 9.69 Å². The highest BCUT2D eigenvalue weighted by Gasteiger charge is 2.18. The monoisotopic (exact) mass is 253 g/mol. The fourth-order valence-electron chi connectivity index (χ4n) is 2.07. The van der Waals surface area contributed by atoms with Gasteiger partial charge in [0, 0.05) is 30.2 Å². The van der Waals surface area contributed by atoms with Gasteiger partial charge in [-0.2, -0.15) is 0 Å². The van der Waals surface area contributed by atoms with Crippen molar-refractivity contribution in [2.45, 2.75) is 32.2 Å². The SMILES string of the molecule is Cc1csc(CC(=O)CN2CCC(N)CC2)n1. The average molecular weight is 253 g/mol. The van der Waals surface area contributed by atoms with Crippen molar-refractivity contribution >= 4 is 17.1 Å². The van der Waals surface area contributed by atoms with Crippen molar-refractivity contribution in [3.63, 3.8) is 0 Å². The summed E-state index contributed by atoms with van der Waals surface area (Å²) in [4.78, 5) is 18.4. The van der Waals surface area contributed by atoms with E-state index in [1.165, 1.54) is 0 Å². The summed E-state index contributed by atoms with van der Waals surface area (Å²) in [6.07, 6.45) is 2.48. The Bertz CT molecular complexity index is 383. The molecule has 1 aromatic heterocycles. The molecule has 0 amide bonds. The predicted molar refractivity (Wildman–Crippen MR) is 69.2 cm³/mol. The molecule has 5 heteroatoms. The number of thiazole rings is 1. The van der Waals surface area contributed by atoms with E-state index in [2.05, 4.69) is 9.88 Å². The Labute approximate surface area is 106 Å². The van der Waals surface area contributed by atoms with Crippen LogP contribution in [0.5, 0.6) is 0 Å². The van der Waals surface area contributed by atoms with Crippen molar-refractivity contribution in [3.05, 3.63) is 16.1 Å². The molecule has 1 saturated heterocycles. The molecular formula is C12H19N3OS. The van der Waals surface area contributed by atoms with Crippen LogP contribution in [0.3, 0.4) is 0 Å². The molecule has 1 aliphatic heterocycles. The number of hydrogen-bond acceptors (Lipinski definition) is 5. The molecule has 1 aliphatic rings. The van der Waals surface area contributed by atoms with Gasteiger partial charge in [0.25, 0.3) is 0 Å². The Kier molecular flexibility index (Phi) is 4.25. The van der Waals surface area contributed by atoms with Crippen LogP contribution in [0.25, 0.3) is 0 Å². The molecular weight excluding hydrogens is 234 g/mol. The minimum atomic E-state index is 0.259. The molecule has 0 aromatic carbocycles. The van der Waals surface area contributed by atoms with Crippen LogP contribution in [0.15, 0.2) is 5.38 Å². The maximum Gasteiger partial charge on any atom is 0.153 e. The van der Waals surface area contributed by atoms with E-state index in [0.29, 0.717) is 19.0 Å². The van der Waals surface area contributed by atoms with E-state index < -0.39 is 0 Å². The standard InChI is InChI=1S/C12H19N3OS/c1-9-8-17-12(14-9)6-11(16)7-15-4-2-10(13)3-5-15/h8,10H,2-7,13H2,1H3. The molecule has 2 heterocycles. The molecule has 0 atom stereocenters. The summed E-state index contributed by atoms with van der Waals surface area (Å²) >= 11 is 1.57. The number of hydrogen-bond donors (Lipinski definition) is 1. The Morgan fingerprint density at radius 1 is 1.59 bits per heavy atom.